The van der Waals surface area contributed by atoms with E-state index < -0.39 is 60.5 Å². The standard InChI is InChI=1S/C6H10O3.C6H10O2.C5H8O2.6C4H9.3Sn/c1-3-9-6(8)4-5(2)7;1-3-6(8)4-5(2)7;1-4(6)3-5(2)7;6*1-3-4-2;;;/h4,7H,3H2,1-2H3;4,7H,3H2,1-2H3;3,6H,1-2H3;6*1,3-4H2,2H3;;;/q;;;;;;;;;3*+1/p-3. The van der Waals surface area contributed by atoms with Gasteiger partial charge in [0.2, 0.25) is 0 Å². The van der Waals surface area contributed by atoms with Crippen molar-refractivity contribution in [2.75, 3.05) is 6.61 Å². The normalized spacial score (nSPS) is 11.9. The number of allylic oxidation sites excluding steroid dienone is 5. The maximum absolute atomic E-state index is 11.3. The van der Waals surface area contributed by atoms with E-state index in [0.29, 0.717) is 13.0 Å². The molecule has 7 nitrogen and oxygen atoms in total. The van der Waals surface area contributed by atoms with Crippen LogP contribution in [0, 0.1) is 0 Å². The van der Waals surface area contributed by atoms with Crippen LogP contribution in [0.1, 0.15) is 167 Å². The number of ether oxygens (including phenoxy) is 1. The summed E-state index contributed by atoms with van der Waals surface area (Å²) in [6, 6.07) is 0. The van der Waals surface area contributed by atoms with Crippen molar-refractivity contribution < 1.29 is 28.3 Å². The van der Waals surface area contributed by atoms with Crippen molar-refractivity contribution in [1.29, 1.82) is 0 Å². The Labute approximate surface area is 338 Å². The van der Waals surface area contributed by atoms with Crippen LogP contribution >= 0.6 is 0 Å². The summed E-state index contributed by atoms with van der Waals surface area (Å²) in [5, 5.41) is 0. The molecule has 51 heavy (non-hydrogen) atoms. The zero-order valence-electron chi connectivity index (χ0n) is 35.2. The molecule has 10 heteroatoms. The molecule has 0 unspecified atom stereocenters. The Morgan fingerprint density at radius 3 is 1.00 bits per heavy atom. The van der Waals surface area contributed by atoms with Crippen LogP contribution in [-0.2, 0) is 28.3 Å². The van der Waals surface area contributed by atoms with Gasteiger partial charge in [-0.25, -0.2) is 0 Å². The molecule has 0 spiro atoms. The topological polar surface area (TPSA) is 88.1 Å². The Hall–Kier alpha value is -0.174. The van der Waals surface area contributed by atoms with Crippen molar-refractivity contribution in [3.8, 4) is 0 Å². The Balaban J connectivity index is -0.000000679. The summed E-state index contributed by atoms with van der Waals surface area (Å²) in [5.74, 6) is 2.42. The van der Waals surface area contributed by atoms with Gasteiger partial charge in [-0.15, -0.1) is 0 Å². The van der Waals surface area contributed by atoms with E-state index in [4.69, 9.17) is 14.0 Å². The molecule has 0 aromatic heterocycles. The van der Waals surface area contributed by atoms with Crippen molar-refractivity contribution in [3.05, 3.63) is 35.5 Å². The fourth-order valence-electron chi connectivity index (χ4n) is 4.66. The summed E-state index contributed by atoms with van der Waals surface area (Å²) in [6.45, 7) is 24.7. The average Bonchev–Trinajstić information content (AvgIpc) is 3.08. The van der Waals surface area contributed by atoms with E-state index >= 15 is 0 Å². The minimum absolute atomic E-state index is 0.0891. The summed E-state index contributed by atoms with van der Waals surface area (Å²) in [4.78, 5) is 33.5. The van der Waals surface area contributed by atoms with Gasteiger partial charge in [0, 0.05) is 0 Å². The second kappa shape index (κ2) is 41.0. The van der Waals surface area contributed by atoms with Gasteiger partial charge in [0.25, 0.3) is 0 Å². The van der Waals surface area contributed by atoms with Crippen LogP contribution in [0.25, 0.3) is 0 Å². The van der Waals surface area contributed by atoms with Gasteiger partial charge in [0.05, 0.1) is 0 Å². The first kappa shape index (κ1) is 55.2. The molecule has 0 aromatic carbocycles. The van der Waals surface area contributed by atoms with E-state index in [2.05, 4.69) is 41.5 Å². The molecule has 0 atom stereocenters. The van der Waals surface area contributed by atoms with E-state index in [-0.39, 0.29) is 17.5 Å². The van der Waals surface area contributed by atoms with Gasteiger partial charge in [-0.05, 0) is 0 Å². The molecule has 0 amide bonds. The molecule has 297 valence electrons. The number of hydrogen-bond acceptors (Lipinski definition) is 7. The molecule has 0 saturated carbocycles. The number of rotatable bonds is 29. The van der Waals surface area contributed by atoms with Gasteiger partial charge in [-0.3, -0.25) is 0 Å². The molecule has 0 N–H and O–H groups in total. The van der Waals surface area contributed by atoms with Crippen molar-refractivity contribution in [2.24, 2.45) is 0 Å². The van der Waals surface area contributed by atoms with Crippen LogP contribution < -0.4 is 0 Å². The molecule has 0 aliphatic carbocycles. The first-order valence-corrected chi connectivity index (χ1v) is 35.8. The predicted molar refractivity (Wildman–Crippen MR) is 223 cm³/mol. The summed E-state index contributed by atoms with van der Waals surface area (Å²) in [5.41, 5.74) is 0. The SMILES string of the molecule is CCC[CH2][Sn]([CH2]CCC)[O]C(C)=CC(=O)CC.CCC[CH2][Sn]([CH2]CCC)[O]C(C)=CC(=O)OCC.CCC[CH2][Sn]([CH2]CCC)[O]C(C)=CC(C)=O. The Bertz CT molecular complexity index is 926. The maximum atomic E-state index is 11.3. The van der Waals surface area contributed by atoms with Crippen molar-refractivity contribution >= 4 is 78.1 Å². The minimum atomic E-state index is -1.77. The van der Waals surface area contributed by atoms with E-state index in [1.807, 2.05) is 34.6 Å². The number of carbonyl (C=O) groups is 3. The number of carbonyl (C=O) groups excluding carboxylic acids is 3. The van der Waals surface area contributed by atoms with Gasteiger partial charge in [0.1, 0.15) is 0 Å². The van der Waals surface area contributed by atoms with E-state index in [1.165, 1.54) is 110 Å². The Morgan fingerprint density at radius 1 is 0.451 bits per heavy atom. The zero-order chi connectivity index (χ0) is 39.3. The van der Waals surface area contributed by atoms with Crippen LogP contribution in [-0.4, -0.2) is 84.7 Å². The molecule has 0 aromatic rings. The number of ketones is 2. The monoisotopic (exact) mass is 1040 g/mol. The second-order valence-electron chi connectivity index (χ2n) is 13.0. The van der Waals surface area contributed by atoms with Crippen LogP contribution in [0.3, 0.4) is 0 Å². The molecule has 0 rings (SSSR count). The fourth-order valence-corrected chi connectivity index (χ4v) is 25.8. The van der Waals surface area contributed by atoms with Crippen LogP contribution in [0.5, 0.6) is 0 Å². The van der Waals surface area contributed by atoms with Crippen molar-refractivity contribution in [1.82, 2.24) is 0 Å². The quantitative estimate of drug-likeness (QED) is 0.0319. The number of unbranched alkanes of at least 4 members (excludes halogenated alkanes) is 6. The molecule has 0 saturated heterocycles. The number of esters is 1. The third kappa shape index (κ3) is 40.8. The van der Waals surface area contributed by atoms with Crippen LogP contribution in [0.4, 0.5) is 0 Å². The number of hydrogen-bond donors (Lipinski definition) is 0. The third-order valence-electron chi connectivity index (χ3n) is 7.50. The van der Waals surface area contributed by atoms with E-state index in [9.17, 15) is 14.4 Å². The molecular weight excluding hydrogens is 961 g/mol. The molecule has 0 heterocycles. The Morgan fingerprint density at radius 2 is 0.745 bits per heavy atom. The first-order chi connectivity index (χ1) is 24.4. The van der Waals surface area contributed by atoms with Crippen molar-refractivity contribution in [2.45, 2.75) is 193 Å². The molecule has 0 aliphatic rings. The van der Waals surface area contributed by atoms with Gasteiger partial charge in [-0.1, -0.05) is 0 Å². The van der Waals surface area contributed by atoms with Crippen LogP contribution in [0.2, 0.25) is 26.6 Å². The summed E-state index contributed by atoms with van der Waals surface area (Å²) >= 11 is -5.16. The Kier molecular flexibility index (Phi) is 44.3. The summed E-state index contributed by atoms with van der Waals surface area (Å²) in [7, 11) is 0. The fraction of sp³-hybridized carbons (Fsp3) is 0.780. The van der Waals surface area contributed by atoms with Gasteiger partial charge in [-0.2, -0.15) is 0 Å². The molecular formula is C41H79O7Sn3. The molecule has 0 bridgehead atoms. The average molecular weight is 1040 g/mol. The molecule has 0 aliphatic heterocycles. The second-order valence-corrected chi connectivity index (χ2v) is 32.5. The van der Waals surface area contributed by atoms with E-state index in [0.717, 1.165) is 17.3 Å². The van der Waals surface area contributed by atoms with E-state index in [1.54, 1.807) is 19.1 Å². The third-order valence-corrected chi connectivity index (χ3v) is 28.3. The van der Waals surface area contributed by atoms with Gasteiger partial charge >= 0.3 is 342 Å². The van der Waals surface area contributed by atoms with Gasteiger partial charge in [0.15, 0.2) is 0 Å². The zero-order valence-corrected chi connectivity index (χ0v) is 43.8. The van der Waals surface area contributed by atoms with Crippen LogP contribution in [0.15, 0.2) is 35.5 Å². The molecule has 0 fully saturated rings. The summed E-state index contributed by atoms with van der Waals surface area (Å²) < 4.78 is 30.7. The van der Waals surface area contributed by atoms with Crippen molar-refractivity contribution in [3.63, 3.8) is 0 Å². The first-order valence-electron chi connectivity index (χ1n) is 20.2. The summed E-state index contributed by atoms with van der Waals surface area (Å²) in [6.07, 6.45) is 20.4. The molecule has 3 radical (unpaired) electrons. The van der Waals surface area contributed by atoms with Gasteiger partial charge < -0.3 is 0 Å². The predicted octanol–water partition coefficient (Wildman–Crippen LogP) is 12.6.